The Labute approximate surface area is 99.0 Å². The molecule has 1 atom stereocenters. The summed E-state index contributed by atoms with van der Waals surface area (Å²) in [6.07, 6.45) is 0. The number of hydrogen-bond acceptors (Lipinski definition) is 5. The maximum atomic E-state index is 10.8. The van der Waals surface area contributed by atoms with Gasteiger partial charge in [-0.15, -0.1) is 0 Å². The molecule has 1 aromatic rings. The Morgan fingerprint density at radius 3 is 3.00 bits per heavy atom. The van der Waals surface area contributed by atoms with Crippen molar-refractivity contribution in [2.45, 2.75) is 6.04 Å². The van der Waals surface area contributed by atoms with Crippen molar-refractivity contribution in [3.63, 3.8) is 0 Å². The molecule has 1 aliphatic heterocycles. The molecule has 0 aromatic heterocycles. The summed E-state index contributed by atoms with van der Waals surface area (Å²) >= 11 is 0. The minimum atomic E-state index is -0.560. The van der Waals surface area contributed by atoms with E-state index < -0.39 is 4.92 Å². The van der Waals surface area contributed by atoms with Crippen LogP contribution >= 0.6 is 0 Å². The molecule has 0 bridgehead atoms. The topological polar surface area (TPSA) is 78.6 Å². The van der Waals surface area contributed by atoms with Gasteiger partial charge in [-0.3, -0.25) is 15.0 Å². The zero-order valence-electron chi connectivity index (χ0n) is 9.59. The molecule has 1 unspecified atom stereocenters. The van der Waals surface area contributed by atoms with Crippen LogP contribution in [0.4, 0.5) is 5.69 Å². The smallest absolute Gasteiger partial charge is 0.311 e. The number of nitrogens with zero attached hydrogens (tertiary/aromatic N) is 2. The highest BCUT2D eigenvalue weighted by Gasteiger charge is 2.23. The third kappa shape index (κ3) is 2.37. The first-order valence-electron chi connectivity index (χ1n) is 5.48. The van der Waals surface area contributed by atoms with Gasteiger partial charge in [0.15, 0.2) is 5.75 Å². The average molecular weight is 237 g/mol. The van der Waals surface area contributed by atoms with Crippen LogP contribution in [0.2, 0.25) is 0 Å². The molecule has 0 radical (unpaired) electrons. The Bertz CT molecular complexity index is 436. The summed E-state index contributed by atoms with van der Waals surface area (Å²) in [6.45, 7) is 2.59. The van der Waals surface area contributed by atoms with Gasteiger partial charge in [-0.25, -0.2) is 0 Å². The third-order valence-electron chi connectivity index (χ3n) is 3.09. The van der Waals surface area contributed by atoms with Crippen molar-refractivity contribution in [2.24, 2.45) is 0 Å². The summed E-state index contributed by atoms with van der Waals surface area (Å²) < 4.78 is 0. The van der Waals surface area contributed by atoms with Crippen LogP contribution in [0, 0.1) is 10.1 Å². The number of nitrogens with one attached hydrogen (secondary N) is 1. The second-order valence-electron chi connectivity index (χ2n) is 4.21. The van der Waals surface area contributed by atoms with E-state index in [4.69, 9.17) is 0 Å². The average Bonchev–Trinajstić information content (AvgIpc) is 2.30. The first-order chi connectivity index (χ1) is 8.09. The van der Waals surface area contributed by atoms with E-state index in [1.807, 2.05) is 7.05 Å². The Morgan fingerprint density at radius 1 is 1.59 bits per heavy atom. The summed E-state index contributed by atoms with van der Waals surface area (Å²) in [4.78, 5) is 12.3. The van der Waals surface area contributed by atoms with Gasteiger partial charge in [0.2, 0.25) is 0 Å². The zero-order chi connectivity index (χ0) is 12.4. The monoisotopic (exact) mass is 237 g/mol. The first-order valence-corrected chi connectivity index (χ1v) is 5.48. The molecule has 1 aromatic carbocycles. The lowest BCUT2D eigenvalue weighted by atomic mass is 10.0. The maximum absolute atomic E-state index is 10.8. The van der Waals surface area contributed by atoms with Crippen molar-refractivity contribution in [3.05, 3.63) is 33.9 Å². The van der Waals surface area contributed by atoms with Crippen molar-refractivity contribution in [1.29, 1.82) is 0 Å². The Balaban J connectivity index is 2.32. The molecule has 0 saturated carbocycles. The quantitative estimate of drug-likeness (QED) is 0.589. The van der Waals surface area contributed by atoms with E-state index in [2.05, 4.69) is 10.2 Å². The standard InChI is InChI=1S/C11H15N3O3/c1-13-5-4-12-7-10(13)8-2-3-11(15)9(6-8)14(16)17/h2-3,6,10,12,15H,4-5,7H2,1H3. The van der Waals surface area contributed by atoms with Crippen molar-refractivity contribution < 1.29 is 10.0 Å². The number of hydrogen-bond donors (Lipinski definition) is 2. The van der Waals surface area contributed by atoms with Crippen LogP contribution in [0.5, 0.6) is 5.75 Å². The van der Waals surface area contributed by atoms with Crippen molar-refractivity contribution >= 4 is 5.69 Å². The molecule has 17 heavy (non-hydrogen) atoms. The van der Waals surface area contributed by atoms with Gasteiger partial charge in [0, 0.05) is 31.7 Å². The van der Waals surface area contributed by atoms with E-state index in [-0.39, 0.29) is 17.5 Å². The molecule has 2 rings (SSSR count). The minimum absolute atomic E-state index is 0.114. The van der Waals surface area contributed by atoms with Crippen molar-refractivity contribution in [1.82, 2.24) is 10.2 Å². The molecular formula is C11H15N3O3. The number of rotatable bonds is 2. The number of nitro benzene ring substituents is 1. The van der Waals surface area contributed by atoms with Gasteiger partial charge in [-0.2, -0.15) is 0 Å². The number of benzene rings is 1. The first kappa shape index (κ1) is 11.8. The predicted octanol–water partition coefficient (Wildman–Crippen LogP) is 0.876. The van der Waals surface area contributed by atoms with E-state index in [0.29, 0.717) is 0 Å². The zero-order valence-corrected chi connectivity index (χ0v) is 9.59. The third-order valence-corrected chi connectivity index (χ3v) is 3.09. The van der Waals surface area contributed by atoms with Crippen molar-refractivity contribution in [3.8, 4) is 5.75 Å². The summed E-state index contributed by atoms with van der Waals surface area (Å²) in [5, 5.41) is 23.4. The lowest BCUT2D eigenvalue weighted by Crippen LogP contribution is -2.43. The number of nitro groups is 1. The van der Waals surface area contributed by atoms with Gasteiger partial charge in [0.25, 0.3) is 0 Å². The van der Waals surface area contributed by atoms with Gasteiger partial charge >= 0.3 is 5.69 Å². The van der Waals surface area contributed by atoms with Gasteiger partial charge in [0.05, 0.1) is 4.92 Å². The van der Waals surface area contributed by atoms with Crippen LogP contribution in [-0.4, -0.2) is 41.6 Å². The molecule has 1 saturated heterocycles. The molecule has 1 heterocycles. The highest BCUT2D eigenvalue weighted by Crippen LogP contribution is 2.30. The summed E-state index contributed by atoms with van der Waals surface area (Å²) in [7, 11) is 1.99. The maximum Gasteiger partial charge on any atom is 0.311 e. The summed E-state index contributed by atoms with van der Waals surface area (Å²) in [5.41, 5.74) is 0.616. The van der Waals surface area contributed by atoms with Crippen LogP contribution in [0.25, 0.3) is 0 Å². The summed E-state index contributed by atoms with van der Waals surface area (Å²) in [5.74, 6) is -0.287. The predicted molar refractivity (Wildman–Crippen MR) is 63.0 cm³/mol. The molecule has 6 heteroatoms. The molecule has 0 amide bonds. The molecule has 1 fully saturated rings. The Morgan fingerprint density at radius 2 is 2.35 bits per heavy atom. The van der Waals surface area contributed by atoms with E-state index in [1.54, 1.807) is 6.07 Å². The van der Waals surface area contributed by atoms with Crippen molar-refractivity contribution in [2.75, 3.05) is 26.7 Å². The van der Waals surface area contributed by atoms with Crippen LogP contribution < -0.4 is 5.32 Å². The van der Waals surface area contributed by atoms with E-state index in [0.717, 1.165) is 25.2 Å². The van der Waals surface area contributed by atoms with Gasteiger partial charge in [-0.1, -0.05) is 6.07 Å². The number of aromatic hydroxyl groups is 1. The van der Waals surface area contributed by atoms with E-state index in [9.17, 15) is 15.2 Å². The molecule has 92 valence electrons. The van der Waals surface area contributed by atoms with Crippen LogP contribution in [-0.2, 0) is 0 Å². The SMILES string of the molecule is CN1CCNCC1c1ccc(O)c([N+](=O)[O-])c1. The molecule has 0 aliphatic carbocycles. The van der Waals surface area contributed by atoms with Gasteiger partial charge in [-0.05, 0) is 18.7 Å². The van der Waals surface area contributed by atoms with Gasteiger partial charge in [0.1, 0.15) is 0 Å². The van der Waals surface area contributed by atoms with E-state index >= 15 is 0 Å². The molecule has 0 spiro atoms. The van der Waals surface area contributed by atoms with Gasteiger partial charge < -0.3 is 10.4 Å². The lowest BCUT2D eigenvalue weighted by Gasteiger charge is -2.33. The largest absolute Gasteiger partial charge is 0.502 e. The second kappa shape index (κ2) is 4.68. The fraction of sp³-hybridized carbons (Fsp3) is 0.455. The molecule has 1 aliphatic rings. The molecule has 2 N–H and O–H groups in total. The van der Waals surface area contributed by atoms with Crippen LogP contribution in [0.15, 0.2) is 18.2 Å². The normalized spacial score (nSPS) is 21.4. The van der Waals surface area contributed by atoms with E-state index in [1.165, 1.54) is 12.1 Å². The minimum Gasteiger partial charge on any atom is -0.502 e. The molecular weight excluding hydrogens is 222 g/mol. The number of piperazine rings is 1. The molecule has 6 nitrogen and oxygen atoms in total. The highest BCUT2D eigenvalue weighted by atomic mass is 16.6. The number of phenolic OH excluding ortho intramolecular Hbond substituents is 1. The van der Waals surface area contributed by atoms with Crippen LogP contribution in [0.1, 0.15) is 11.6 Å². The Hall–Kier alpha value is -1.66. The van der Waals surface area contributed by atoms with Crippen LogP contribution in [0.3, 0.4) is 0 Å². The highest BCUT2D eigenvalue weighted by molar-refractivity contribution is 5.48. The fourth-order valence-electron chi connectivity index (χ4n) is 2.07. The second-order valence-corrected chi connectivity index (χ2v) is 4.21. The number of phenols is 1. The Kier molecular flexibility index (Phi) is 3.26. The fourth-order valence-corrected chi connectivity index (χ4v) is 2.07. The summed E-state index contributed by atoms with van der Waals surface area (Å²) in [6, 6.07) is 4.68. The number of likely N-dealkylation sites (N-methyl/N-ethyl adjacent to an activating group) is 1. The lowest BCUT2D eigenvalue weighted by molar-refractivity contribution is -0.386.